The Morgan fingerprint density at radius 1 is 1.03 bits per heavy atom. The van der Waals surface area contributed by atoms with Crippen molar-refractivity contribution in [3.8, 4) is 5.69 Å². The van der Waals surface area contributed by atoms with E-state index in [1.165, 1.54) is 30.6 Å². The summed E-state index contributed by atoms with van der Waals surface area (Å²) in [5, 5.41) is 4.30. The second kappa shape index (κ2) is 11.1. The highest BCUT2D eigenvalue weighted by Gasteiger charge is 2.31. The second-order valence-corrected chi connectivity index (χ2v) is 8.11. The largest absolute Gasteiger partial charge is 0.457 e. The first-order valence-corrected chi connectivity index (χ1v) is 11.2. The molecule has 188 valence electrons. The molecule has 11 heteroatoms. The molecular weight excluding hydrogens is 507 g/mol. The minimum Gasteiger partial charge on any atom is -0.457 e. The van der Waals surface area contributed by atoms with Crippen molar-refractivity contribution < 1.29 is 22.7 Å². The lowest BCUT2D eigenvalue weighted by atomic mass is 10.1. The lowest BCUT2D eigenvalue weighted by Gasteiger charge is -2.10. The molecule has 7 nitrogen and oxygen atoms in total. The van der Waals surface area contributed by atoms with Gasteiger partial charge in [-0.05, 0) is 48.0 Å². The quantitative estimate of drug-likeness (QED) is 0.243. The fourth-order valence-corrected chi connectivity index (χ4v) is 3.36. The summed E-state index contributed by atoms with van der Waals surface area (Å²) in [6, 6.07) is 19.5. The molecular formula is C26H19ClF3N5O2. The third kappa shape index (κ3) is 6.62. The molecule has 0 spiro atoms. The van der Waals surface area contributed by atoms with Crippen molar-refractivity contribution in [1.82, 2.24) is 14.8 Å². The van der Waals surface area contributed by atoms with Gasteiger partial charge in [0.15, 0.2) is 0 Å². The predicted octanol–water partition coefficient (Wildman–Crippen LogP) is 5.80. The lowest BCUT2D eigenvalue weighted by Crippen LogP contribution is -2.21. The summed E-state index contributed by atoms with van der Waals surface area (Å²) in [4.78, 5) is 20.7. The van der Waals surface area contributed by atoms with E-state index < -0.39 is 17.8 Å². The van der Waals surface area contributed by atoms with Crippen LogP contribution >= 0.6 is 11.6 Å². The average molecular weight is 526 g/mol. The number of esters is 1. The van der Waals surface area contributed by atoms with E-state index in [1.54, 1.807) is 47.4 Å². The van der Waals surface area contributed by atoms with Crippen molar-refractivity contribution >= 4 is 29.0 Å². The van der Waals surface area contributed by atoms with Crippen molar-refractivity contribution in [3.05, 3.63) is 119 Å². The Balaban J connectivity index is 1.50. The fourth-order valence-electron chi connectivity index (χ4n) is 3.18. The van der Waals surface area contributed by atoms with Gasteiger partial charge in [-0.1, -0.05) is 48.0 Å². The summed E-state index contributed by atoms with van der Waals surface area (Å²) in [6.45, 7) is 0.0301. The molecule has 37 heavy (non-hydrogen) atoms. The van der Waals surface area contributed by atoms with Gasteiger partial charge in [0.1, 0.15) is 25.0 Å². The van der Waals surface area contributed by atoms with Gasteiger partial charge in [0, 0.05) is 5.56 Å². The molecule has 4 rings (SSSR count). The number of hydrogen-bond donors (Lipinski definition) is 1. The van der Waals surface area contributed by atoms with Crippen LogP contribution in [0.15, 0.2) is 102 Å². The Morgan fingerprint density at radius 2 is 1.70 bits per heavy atom. The molecule has 4 aromatic rings. The Bertz CT molecular complexity index is 1430. The van der Waals surface area contributed by atoms with Crippen molar-refractivity contribution in [2.24, 2.45) is 10.7 Å². The number of aromatic nitrogens is 3. The van der Waals surface area contributed by atoms with Gasteiger partial charge < -0.3 is 10.5 Å². The van der Waals surface area contributed by atoms with Gasteiger partial charge in [0.05, 0.1) is 27.7 Å². The van der Waals surface area contributed by atoms with Crippen LogP contribution in [0.5, 0.6) is 0 Å². The van der Waals surface area contributed by atoms with E-state index in [-0.39, 0.29) is 28.6 Å². The summed E-state index contributed by atoms with van der Waals surface area (Å²) in [5.41, 5.74) is 6.18. The van der Waals surface area contributed by atoms with Gasteiger partial charge in [0.2, 0.25) is 0 Å². The third-order valence-corrected chi connectivity index (χ3v) is 5.44. The molecule has 0 aliphatic heterocycles. The highest BCUT2D eigenvalue weighted by Crippen LogP contribution is 2.27. The highest BCUT2D eigenvalue weighted by molar-refractivity contribution is 6.33. The van der Waals surface area contributed by atoms with Gasteiger partial charge in [-0.15, -0.1) is 0 Å². The van der Waals surface area contributed by atoms with Crippen LogP contribution in [0.4, 0.5) is 18.9 Å². The fraction of sp³-hybridized carbons (Fsp3) is 0.0769. The SMILES string of the molecule is N/C(=C\C(=Nc1ccccc1Cl)c1ccc(C(=O)OCc2ccc(-n3cncn3)cc2)cc1)C(F)(F)F. The number of alkyl halides is 3. The van der Waals surface area contributed by atoms with Crippen LogP contribution in [-0.4, -0.2) is 32.6 Å². The Labute approximate surface area is 214 Å². The van der Waals surface area contributed by atoms with Gasteiger partial charge >= 0.3 is 12.1 Å². The number of para-hydroxylation sites is 1. The summed E-state index contributed by atoms with van der Waals surface area (Å²) in [7, 11) is 0. The molecule has 3 aromatic carbocycles. The number of halogens is 4. The van der Waals surface area contributed by atoms with Crippen LogP contribution in [0.25, 0.3) is 5.69 Å². The van der Waals surface area contributed by atoms with E-state index in [0.29, 0.717) is 5.56 Å². The minimum absolute atomic E-state index is 0.0301. The zero-order valence-corrected chi connectivity index (χ0v) is 19.8. The van der Waals surface area contributed by atoms with Crippen molar-refractivity contribution in [3.63, 3.8) is 0 Å². The monoisotopic (exact) mass is 525 g/mol. The van der Waals surface area contributed by atoms with E-state index >= 15 is 0 Å². The molecule has 0 atom stereocenters. The van der Waals surface area contributed by atoms with Crippen LogP contribution < -0.4 is 5.73 Å². The summed E-state index contributed by atoms with van der Waals surface area (Å²) in [5.74, 6) is -0.596. The van der Waals surface area contributed by atoms with Crippen LogP contribution in [0.3, 0.4) is 0 Å². The zero-order chi connectivity index (χ0) is 26.4. The van der Waals surface area contributed by atoms with Gasteiger partial charge in [-0.2, -0.15) is 18.3 Å². The van der Waals surface area contributed by atoms with Crippen molar-refractivity contribution in [1.29, 1.82) is 0 Å². The Hall–Kier alpha value is -4.44. The first-order valence-electron chi connectivity index (χ1n) is 10.8. The van der Waals surface area contributed by atoms with E-state index in [9.17, 15) is 18.0 Å². The molecule has 0 aliphatic carbocycles. The summed E-state index contributed by atoms with van der Waals surface area (Å²) in [6.07, 6.45) is -1.03. The molecule has 0 bridgehead atoms. The number of ether oxygens (including phenoxy) is 1. The minimum atomic E-state index is -4.74. The smallest absolute Gasteiger partial charge is 0.430 e. The topological polar surface area (TPSA) is 95.4 Å². The number of rotatable bonds is 7. The first kappa shape index (κ1) is 25.6. The van der Waals surface area contributed by atoms with Gasteiger partial charge in [0.25, 0.3) is 0 Å². The molecule has 0 radical (unpaired) electrons. The number of carbonyl (C=O) groups is 1. The molecule has 0 fully saturated rings. The molecule has 1 aromatic heterocycles. The molecule has 0 amide bonds. The second-order valence-electron chi connectivity index (χ2n) is 7.71. The van der Waals surface area contributed by atoms with Crippen LogP contribution in [0, 0.1) is 0 Å². The van der Waals surface area contributed by atoms with Crippen molar-refractivity contribution in [2.75, 3.05) is 0 Å². The van der Waals surface area contributed by atoms with Crippen LogP contribution in [0.2, 0.25) is 5.02 Å². The number of allylic oxidation sites excluding steroid dienone is 2. The molecule has 2 N–H and O–H groups in total. The average Bonchev–Trinajstić information content (AvgIpc) is 3.43. The Kier molecular flexibility index (Phi) is 7.69. The van der Waals surface area contributed by atoms with E-state index in [2.05, 4.69) is 15.1 Å². The first-order chi connectivity index (χ1) is 17.7. The number of nitrogens with zero attached hydrogens (tertiary/aromatic N) is 4. The molecule has 0 unspecified atom stereocenters. The number of benzene rings is 3. The van der Waals surface area contributed by atoms with E-state index in [1.807, 2.05) is 12.1 Å². The van der Waals surface area contributed by atoms with E-state index in [4.69, 9.17) is 22.1 Å². The highest BCUT2D eigenvalue weighted by atomic mass is 35.5. The Morgan fingerprint density at radius 3 is 2.32 bits per heavy atom. The maximum atomic E-state index is 13.1. The lowest BCUT2D eigenvalue weighted by molar-refractivity contribution is -0.0925. The molecule has 0 saturated carbocycles. The maximum Gasteiger partial charge on any atom is 0.430 e. The van der Waals surface area contributed by atoms with Crippen LogP contribution in [-0.2, 0) is 11.3 Å². The molecule has 0 aliphatic rings. The number of nitrogens with two attached hydrogens (primary N) is 1. The number of carbonyl (C=O) groups excluding carboxylic acids is 1. The maximum absolute atomic E-state index is 13.1. The van der Waals surface area contributed by atoms with Crippen molar-refractivity contribution in [2.45, 2.75) is 12.8 Å². The summed E-state index contributed by atoms with van der Waals surface area (Å²) < 4.78 is 46.2. The van der Waals surface area contributed by atoms with Gasteiger partial charge in [-0.3, -0.25) is 0 Å². The van der Waals surface area contributed by atoms with E-state index in [0.717, 1.165) is 17.3 Å². The standard InChI is InChI=1S/C26H19ClF3N5O2/c27-21-3-1-2-4-22(21)34-23(13-24(31)26(28,29)30)18-7-9-19(10-8-18)25(36)37-14-17-5-11-20(12-6-17)35-16-32-15-33-35/h1-13,15-16H,14,31H2/b24-13-,34-23?. The summed E-state index contributed by atoms with van der Waals surface area (Å²) >= 11 is 6.12. The van der Waals surface area contributed by atoms with Crippen LogP contribution in [0.1, 0.15) is 21.5 Å². The zero-order valence-electron chi connectivity index (χ0n) is 19.1. The molecule has 1 heterocycles. The number of hydrogen-bond acceptors (Lipinski definition) is 6. The normalized spacial score (nSPS) is 12.4. The third-order valence-electron chi connectivity index (χ3n) is 5.12. The molecule has 0 saturated heterocycles. The number of aliphatic imine (C=N–C) groups is 1. The van der Waals surface area contributed by atoms with Gasteiger partial charge in [-0.25, -0.2) is 19.5 Å². The predicted molar refractivity (Wildman–Crippen MR) is 133 cm³/mol.